The molecule has 0 amide bonds. The molecule has 3 rings (SSSR count). The summed E-state index contributed by atoms with van der Waals surface area (Å²) in [4.78, 5) is 0. The first-order chi connectivity index (χ1) is 11.4. The number of rotatable bonds is 5. The Kier molecular flexibility index (Phi) is 6.17. The lowest BCUT2D eigenvalue weighted by atomic mass is 9.85. The Labute approximate surface area is 149 Å². The molecule has 1 heterocycles. The van der Waals surface area contributed by atoms with Gasteiger partial charge >= 0.3 is 0 Å². The SMILES string of the molecule is CC.CC[C@@H](C)CCC1C=C1c1ccc2c(c1)OC(C)(C)CC2C. The lowest BCUT2D eigenvalue weighted by molar-refractivity contribution is 0.0746. The predicted octanol–water partition coefficient (Wildman–Crippen LogP) is 7.22. The fourth-order valence-electron chi connectivity index (χ4n) is 3.78. The van der Waals surface area contributed by atoms with Crippen LogP contribution in [0, 0.1) is 11.8 Å². The smallest absolute Gasteiger partial charge is 0.124 e. The molecule has 24 heavy (non-hydrogen) atoms. The third-order valence-electron chi connectivity index (χ3n) is 5.40. The molecule has 0 radical (unpaired) electrons. The van der Waals surface area contributed by atoms with E-state index < -0.39 is 0 Å². The molecule has 0 saturated heterocycles. The molecule has 1 aliphatic carbocycles. The monoisotopic (exact) mass is 328 g/mol. The highest BCUT2D eigenvalue weighted by Gasteiger charge is 2.33. The highest BCUT2D eigenvalue weighted by atomic mass is 16.5. The van der Waals surface area contributed by atoms with Gasteiger partial charge in [-0.3, -0.25) is 0 Å². The maximum absolute atomic E-state index is 6.23. The van der Waals surface area contributed by atoms with Crippen molar-refractivity contribution in [1.82, 2.24) is 0 Å². The number of ether oxygens (including phenoxy) is 1. The predicted molar refractivity (Wildman–Crippen MR) is 106 cm³/mol. The van der Waals surface area contributed by atoms with Crippen LogP contribution in [0.2, 0.25) is 0 Å². The van der Waals surface area contributed by atoms with Gasteiger partial charge in [-0.2, -0.15) is 0 Å². The summed E-state index contributed by atoms with van der Waals surface area (Å²) in [5, 5.41) is 0. The van der Waals surface area contributed by atoms with Crippen molar-refractivity contribution in [2.24, 2.45) is 11.8 Å². The highest BCUT2D eigenvalue weighted by Crippen LogP contribution is 2.46. The molecular formula is C23H36O. The first-order valence-electron chi connectivity index (χ1n) is 9.94. The molecule has 1 heteroatoms. The molecule has 1 aromatic carbocycles. The molecule has 1 aliphatic heterocycles. The van der Waals surface area contributed by atoms with Gasteiger partial charge in [0.15, 0.2) is 0 Å². The van der Waals surface area contributed by atoms with Gasteiger partial charge in [0.2, 0.25) is 0 Å². The van der Waals surface area contributed by atoms with Crippen LogP contribution in [-0.4, -0.2) is 5.60 Å². The number of fused-ring (bicyclic) bond motifs is 1. The average Bonchev–Trinajstić information content (AvgIpc) is 3.32. The zero-order valence-electron chi connectivity index (χ0n) is 16.8. The van der Waals surface area contributed by atoms with Crippen LogP contribution >= 0.6 is 0 Å². The van der Waals surface area contributed by atoms with Gasteiger partial charge in [-0.1, -0.05) is 59.2 Å². The molecule has 0 aromatic heterocycles. The van der Waals surface area contributed by atoms with Crippen molar-refractivity contribution < 1.29 is 4.74 Å². The summed E-state index contributed by atoms with van der Waals surface area (Å²) in [5.41, 5.74) is 4.24. The Morgan fingerprint density at radius 2 is 1.96 bits per heavy atom. The van der Waals surface area contributed by atoms with Crippen molar-refractivity contribution in [2.45, 2.75) is 85.7 Å². The molecule has 134 valence electrons. The first-order valence-corrected chi connectivity index (χ1v) is 9.94. The van der Waals surface area contributed by atoms with Crippen molar-refractivity contribution in [2.75, 3.05) is 0 Å². The van der Waals surface area contributed by atoms with E-state index in [9.17, 15) is 0 Å². The Hall–Kier alpha value is -1.24. The minimum atomic E-state index is -0.0427. The summed E-state index contributed by atoms with van der Waals surface area (Å²) in [6.45, 7) is 15.4. The van der Waals surface area contributed by atoms with E-state index in [4.69, 9.17) is 4.74 Å². The molecule has 0 fully saturated rings. The van der Waals surface area contributed by atoms with Gasteiger partial charge in [0.25, 0.3) is 0 Å². The van der Waals surface area contributed by atoms with E-state index in [0.717, 1.165) is 18.1 Å². The minimum Gasteiger partial charge on any atom is -0.488 e. The van der Waals surface area contributed by atoms with Crippen molar-refractivity contribution in [3.63, 3.8) is 0 Å². The second-order valence-corrected chi connectivity index (χ2v) is 8.04. The Balaban J connectivity index is 0.00000100. The van der Waals surface area contributed by atoms with Crippen LogP contribution in [0.15, 0.2) is 24.3 Å². The second-order valence-electron chi connectivity index (χ2n) is 8.04. The summed E-state index contributed by atoms with van der Waals surface area (Å²) in [6.07, 6.45) is 7.47. The highest BCUT2D eigenvalue weighted by molar-refractivity contribution is 5.81. The molecule has 0 saturated carbocycles. The van der Waals surface area contributed by atoms with Gasteiger partial charge in [-0.05, 0) is 67.7 Å². The van der Waals surface area contributed by atoms with E-state index in [1.54, 1.807) is 0 Å². The van der Waals surface area contributed by atoms with E-state index in [1.165, 1.54) is 36.0 Å². The number of hydrogen-bond acceptors (Lipinski definition) is 1. The topological polar surface area (TPSA) is 9.23 Å². The molecule has 0 spiro atoms. The van der Waals surface area contributed by atoms with Gasteiger partial charge in [-0.25, -0.2) is 0 Å². The lowest BCUT2D eigenvalue weighted by Crippen LogP contribution is -2.34. The minimum absolute atomic E-state index is 0.0427. The first kappa shape index (κ1) is 19.1. The van der Waals surface area contributed by atoms with Crippen molar-refractivity contribution >= 4 is 5.57 Å². The van der Waals surface area contributed by atoms with E-state index in [-0.39, 0.29) is 5.60 Å². The molecule has 1 nitrogen and oxygen atoms in total. The van der Waals surface area contributed by atoms with E-state index in [0.29, 0.717) is 11.8 Å². The van der Waals surface area contributed by atoms with Crippen LogP contribution in [0.3, 0.4) is 0 Å². The third kappa shape index (κ3) is 4.43. The van der Waals surface area contributed by atoms with Crippen LogP contribution in [0.4, 0.5) is 0 Å². The van der Waals surface area contributed by atoms with Gasteiger partial charge in [-0.15, -0.1) is 0 Å². The summed E-state index contributed by atoms with van der Waals surface area (Å²) in [7, 11) is 0. The van der Waals surface area contributed by atoms with Crippen LogP contribution < -0.4 is 4.74 Å². The van der Waals surface area contributed by atoms with E-state index >= 15 is 0 Å². The fraction of sp³-hybridized carbons (Fsp3) is 0.652. The molecule has 2 aliphatic rings. The average molecular weight is 329 g/mol. The summed E-state index contributed by atoms with van der Waals surface area (Å²) in [5.74, 6) is 3.25. The van der Waals surface area contributed by atoms with Crippen LogP contribution in [-0.2, 0) is 0 Å². The Morgan fingerprint density at radius 1 is 1.25 bits per heavy atom. The zero-order valence-corrected chi connectivity index (χ0v) is 16.8. The third-order valence-corrected chi connectivity index (χ3v) is 5.40. The number of allylic oxidation sites excluding steroid dienone is 2. The van der Waals surface area contributed by atoms with E-state index in [1.807, 2.05) is 13.8 Å². The van der Waals surface area contributed by atoms with Gasteiger partial charge in [0, 0.05) is 5.92 Å². The van der Waals surface area contributed by atoms with Crippen LogP contribution in [0.5, 0.6) is 5.75 Å². The summed E-state index contributed by atoms with van der Waals surface area (Å²) in [6, 6.07) is 6.86. The van der Waals surface area contributed by atoms with Crippen LogP contribution in [0.1, 0.15) is 91.2 Å². The fourth-order valence-corrected chi connectivity index (χ4v) is 3.78. The second kappa shape index (κ2) is 7.76. The van der Waals surface area contributed by atoms with E-state index in [2.05, 4.69) is 58.9 Å². The Morgan fingerprint density at radius 3 is 2.62 bits per heavy atom. The number of hydrogen-bond donors (Lipinski definition) is 0. The molecule has 2 unspecified atom stereocenters. The summed E-state index contributed by atoms with van der Waals surface area (Å²) >= 11 is 0. The van der Waals surface area contributed by atoms with Crippen molar-refractivity contribution in [3.05, 3.63) is 35.4 Å². The molecule has 3 atom stereocenters. The molecule has 0 bridgehead atoms. The van der Waals surface area contributed by atoms with Gasteiger partial charge < -0.3 is 4.74 Å². The van der Waals surface area contributed by atoms with Crippen molar-refractivity contribution in [1.29, 1.82) is 0 Å². The Bertz CT molecular complexity index is 582. The molecule has 1 aromatic rings. The lowest BCUT2D eigenvalue weighted by Gasteiger charge is -2.36. The largest absolute Gasteiger partial charge is 0.488 e. The maximum Gasteiger partial charge on any atom is 0.124 e. The van der Waals surface area contributed by atoms with Gasteiger partial charge in [0.1, 0.15) is 11.4 Å². The summed E-state index contributed by atoms with van der Waals surface area (Å²) < 4.78 is 6.23. The number of benzene rings is 1. The molecule has 0 N–H and O–H groups in total. The maximum atomic E-state index is 6.23. The van der Waals surface area contributed by atoms with Crippen molar-refractivity contribution in [3.8, 4) is 5.75 Å². The van der Waals surface area contributed by atoms with Crippen LogP contribution in [0.25, 0.3) is 5.57 Å². The standard InChI is InChI=1S/C21H30O.C2H6/c1-6-14(2)7-8-16-11-19(16)17-9-10-18-15(3)13-21(4,5)22-20(18)12-17;1-2/h9-12,14-16H,6-8,13H2,1-5H3;1-2H3/t14-,15?,16?;/m1./s1. The molecular weight excluding hydrogens is 292 g/mol. The quantitative estimate of drug-likeness (QED) is 0.554. The van der Waals surface area contributed by atoms with Gasteiger partial charge in [0.05, 0.1) is 0 Å². The normalized spacial score (nSPS) is 24.7. The zero-order chi connectivity index (χ0) is 17.9.